The van der Waals surface area contributed by atoms with Crippen molar-refractivity contribution in [3.05, 3.63) is 40.8 Å². The number of carbonyl (C=O) groups is 1. The van der Waals surface area contributed by atoms with Crippen LogP contribution in [0.5, 0.6) is 0 Å². The average molecular weight is 260 g/mol. The highest BCUT2D eigenvalue weighted by Gasteiger charge is 2.28. The van der Waals surface area contributed by atoms with Crippen LogP contribution in [-0.4, -0.2) is 5.78 Å². The molecule has 0 radical (unpaired) electrons. The molecule has 0 amide bonds. The fraction of sp³-hybridized carbons (Fsp3) is 0.438. The highest BCUT2D eigenvalue weighted by Crippen LogP contribution is 2.32. The maximum atomic E-state index is 12.1. The van der Waals surface area contributed by atoms with E-state index in [2.05, 4.69) is 50.4 Å². The van der Waals surface area contributed by atoms with Crippen LogP contribution in [-0.2, 0) is 4.79 Å². The Morgan fingerprint density at radius 2 is 1.89 bits per heavy atom. The van der Waals surface area contributed by atoms with Crippen molar-refractivity contribution in [1.29, 1.82) is 0 Å². The molecule has 18 heavy (non-hydrogen) atoms. The predicted octanol–water partition coefficient (Wildman–Crippen LogP) is 4.61. The van der Waals surface area contributed by atoms with Crippen LogP contribution in [0.3, 0.4) is 0 Å². The zero-order valence-corrected chi connectivity index (χ0v) is 12.1. The van der Waals surface area contributed by atoms with E-state index in [1.54, 1.807) is 11.8 Å². The third kappa shape index (κ3) is 3.05. The van der Waals surface area contributed by atoms with Crippen molar-refractivity contribution in [1.82, 2.24) is 0 Å². The molecule has 1 aliphatic rings. The molecule has 1 aromatic carbocycles. The van der Waals surface area contributed by atoms with Crippen LogP contribution < -0.4 is 0 Å². The van der Waals surface area contributed by atoms with Gasteiger partial charge in [-0.3, -0.25) is 4.79 Å². The highest BCUT2D eigenvalue weighted by atomic mass is 32.2. The number of allylic oxidation sites excluding steroid dienone is 1. The molecule has 0 bridgehead atoms. The molecule has 0 aromatic heterocycles. The van der Waals surface area contributed by atoms with E-state index < -0.39 is 0 Å². The summed E-state index contributed by atoms with van der Waals surface area (Å²) < 4.78 is 0. The molecule has 2 unspecified atom stereocenters. The van der Waals surface area contributed by atoms with Gasteiger partial charge in [-0.25, -0.2) is 0 Å². The van der Waals surface area contributed by atoms with E-state index in [0.717, 1.165) is 18.4 Å². The average Bonchev–Trinajstić information content (AvgIpc) is 2.37. The van der Waals surface area contributed by atoms with E-state index in [4.69, 9.17) is 0 Å². The fourth-order valence-electron chi connectivity index (χ4n) is 2.18. The number of hydrogen-bond acceptors (Lipinski definition) is 2. The van der Waals surface area contributed by atoms with E-state index >= 15 is 0 Å². The Kier molecular flexibility index (Phi) is 4.28. The Morgan fingerprint density at radius 3 is 2.56 bits per heavy atom. The van der Waals surface area contributed by atoms with E-state index in [1.165, 1.54) is 10.5 Å². The SMILES string of the molecule is Cc1ccc(S/C=C2\CCC(C)C(C)C2=O)cc1. The summed E-state index contributed by atoms with van der Waals surface area (Å²) in [7, 11) is 0. The molecule has 1 aliphatic carbocycles. The van der Waals surface area contributed by atoms with E-state index in [9.17, 15) is 4.79 Å². The van der Waals surface area contributed by atoms with Crippen LogP contribution in [0.4, 0.5) is 0 Å². The Bertz CT molecular complexity index is 458. The van der Waals surface area contributed by atoms with Gasteiger partial charge < -0.3 is 0 Å². The molecule has 1 aromatic rings. The van der Waals surface area contributed by atoms with Crippen molar-refractivity contribution >= 4 is 17.5 Å². The molecule has 0 aliphatic heterocycles. The Morgan fingerprint density at radius 1 is 1.22 bits per heavy atom. The van der Waals surface area contributed by atoms with Gasteiger partial charge in [0.15, 0.2) is 5.78 Å². The van der Waals surface area contributed by atoms with Gasteiger partial charge in [0.25, 0.3) is 0 Å². The minimum absolute atomic E-state index is 0.184. The molecule has 0 N–H and O–H groups in total. The zero-order valence-electron chi connectivity index (χ0n) is 11.3. The van der Waals surface area contributed by atoms with E-state index in [1.807, 2.05) is 0 Å². The standard InChI is InChI=1S/C16H20OS/c1-11-4-8-15(9-5-11)18-10-14-7-6-12(2)13(3)16(14)17/h4-5,8-10,12-13H,6-7H2,1-3H3/b14-10+. The van der Waals surface area contributed by atoms with Crippen molar-refractivity contribution in [2.24, 2.45) is 11.8 Å². The highest BCUT2D eigenvalue weighted by molar-refractivity contribution is 8.02. The van der Waals surface area contributed by atoms with Gasteiger partial charge in [-0.1, -0.05) is 43.3 Å². The van der Waals surface area contributed by atoms with Crippen molar-refractivity contribution in [3.8, 4) is 0 Å². The lowest BCUT2D eigenvalue weighted by Gasteiger charge is -2.25. The molecule has 2 rings (SSSR count). The van der Waals surface area contributed by atoms with Gasteiger partial charge in [-0.2, -0.15) is 0 Å². The van der Waals surface area contributed by atoms with Gasteiger partial charge >= 0.3 is 0 Å². The second-order valence-electron chi connectivity index (χ2n) is 5.24. The van der Waals surface area contributed by atoms with Crippen molar-refractivity contribution < 1.29 is 4.79 Å². The lowest BCUT2D eigenvalue weighted by Crippen LogP contribution is -2.25. The summed E-state index contributed by atoms with van der Waals surface area (Å²) in [5.41, 5.74) is 2.27. The molecule has 2 atom stereocenters. The molecule has 0 saturated heterocycles. The van der Waals surface area contributed by atoms with Crippen molar-refractivity contribution in [2.45, 2.75) is 38.5 Å². The molecule has 1 nitrogen and oxygen atoms in total. The van der Waals surface area contributed by atoms with Crippen molar-refractivity contribution in [3.63, 3.8) is 0 Å². The van der Waals surface area contributed by atoms with Gasteiger partial charge in [0.05, 0.1) is 0 Å². The van der Waals surface area contributed by atoms with Crippen LogP contribution in [0.25, 0.3) is 0 Å². The Labute approximate surface area is 114 Å². The van der Waals surface area contributed by atoms with Crippen LogP contribution in [0, 0.1) is 18.8 Å². The van der Waals surface area contributed by atoms with Gasteiger partial charge in [0, 0.05) is 16.4 Å². The maximum Gasteiger partial charge on any atom is 0.162 e. The second kappa shape index (κ2) is 5.75. The minimum Gasteiger partial charge on any atom is -0.294 e. The van der Waals surface area contributed by atoms with Gasteiger partial charge in [-0.15, -0.1) is 0 Å². The number of thioether (sulfide) groups is 1. The summed E-state index contributed by atoms with van der Waals surface area (Å²) in [6, 6.07) is 8.43. The van der Waals surface area contributed by atoms with Crippen LogP contribution >= 0.6 is 11.8 Å². The van der Waals surface area contributed by atoms with Crippen LogP contribution in [0.2, 0.25) is 0 Å². The molecule has 0 spiro atoms. The minimum atomic E-state index is 0.184. The first-order valence-electron chi connectivity index (χ1n) is 6.54. The van der Waals surface area contributed by atoms with Crippen molar-refractivity contribution in [2.75, 3.05) is 0 Å². The normalized spacial score (nSPS) is 26.6. The first-order valence-corrected chi connectivity index (χ1v) is 7.42. The molecule has 96 valence electrons. The van der Waals surface area contributed by atoms with E-state index in [-0.39, 0.29) is 5.92 Å². The molecular weight excluding hydrogens is 240 g/mol. The molecule has 0 heterocycles. The predicted molar refractivity (Wildman–Crippen MR) is 77.7 cm³/mol. The second-order valence-corrected chi connectivity index (χ2v) is 6.19. The Hall–Kier alpha value is -1.02. The van der Waals surface area contributed by atoms with Gasteiger partial charge in [0.1, 0.15) is 0 Å². The number of ketones is 1. The smallest absolute Gasteiger partial charge is 0.162 e. The number of hydrogen-bond donors (Lipinski definition) is 0. The molecule has 1 saturated carbocycles. The number of aryl methyl sites for hydroxylation is 1. The third-order valence-corrected chi connectivity index (χ3v) is 4.76. The lowest BCUT2D eigenvalue weighted by molar-refractivity contribution is -0.121. The van der Waals surface area contributed by atoms with Crippen LogP contribution in [0.1, 0.15) is 32.3 Å². The van der Waals surface area contributed by atoms with Gasteiger partial charge in [-0.05, 0) is 43.2 Å². The zero-order chi connectivity index (χ0) is 13.1. The Balaban J connectivity index is 2.05. The summed E-state index contributed by atoms with van der Waals surface area (Å²) in [5.74, 6) is 1.05. The number of Topliss-reactive ketones (excluding diaryl/α,β-unsaturated/α-hetero) is 1. The number of carbonyl (C=O) groups excluding carboxylic acids is 1. The monoisotopic (exact) mass is 260 g/mol. The summed E-state index contributed by atoms with van der Waals surface area (Å²) in [5, 5.41) is 2.05. The molecule has 1 fully saturated rings. The number of benzene rings is 1. The first-order chi connectivity index (χ1) is 8.58. The first kappa shape index (κ1) is 13.4. The third-order valence-electron chi connectivity index (χ3n) is 3.81. The lowest BCUT2D eigenvalue weighted by atomic mass is 9.78. The quantitative estimate of drug-likeness (QED) is 0.570. The van der Waals surface area contributed by atoms with E-state index in [0.29, 0.717) is 11.7 Å². The maximum absolute atomic E-state index is 12.1. The van der Waals surface area contributed by atoms with Crippen LogP contribution in [0.15, 0.2) is 40.1 Å². The largest absolute Gasteiger partial charge is 0.294 e. The summed E-state index contributed by atoms with van der Waals surface area (Å²) in [6.45, 7) is 6.31. The molecule has 2 heteroatoms. The topological polar surface area (TPSA) is 17.1 Å². The summed E-state index contributed by atoms with van der Waals surface area (Å²) in [4.78, 5) is 13.3. The number of rotatable bonds is 2. The summed E-state index contributed by atoms with van der Waals surface area (Å²) in [6.07, 6.45) is 2.07. The van der Waals surface area contributed by atoms with Gasteiger partial charge in [0.2, 0.25) is 0 Å². The fourth-order valence-corrected chi connectivity index (χ4v) is 2.99. The summed E-state index contributed by atoms with van der Waals surface area (Å²) >= 11 is 1.66. The molecular formula is C16H20OS.